The molecule has 2 aliphatic carbocycles. The van der Waals surface area contributed by atoms with Crippen molar-refractivity contribution in [2.75, 3.05) is 12.5 Å². The SMILES string of the molecule is B[C@@H]1C2CC2(OC[PH](=O)CC)[C@@H](O)[C@@]1(C)O. The third-order valence-electron chi connectivity index (χ3n) is 4.44. The molecular weight excluding hydrogens is 226 g/mol. The maximum Gasteiger partial charge on any atom is 0.111 e. The van der Waals surface area contributed by atoms with E-state index in [1.807, 2.05) is 14.8 Å². The van der Waals surface area contributed by atoms with Crippen LogP contribution in [0.3, 0.4) is 0 Å². The lowest BCUT2D eigenvalue weighted by molar-refractivity contribution is -0.115. The molecular formula is C10H20BO4P. The number of rotatable bonds is 4. The summed E-state index contributed by atoms with van der Waals surface area (Å²) in [7, 11) is 0.270. The predicted molar refractivity (Wildman–Crippen MR) is 65.3 cm³/mol. The first-order chi connectivity index (χ1) is 7.36. The Morgan fingerprint density at radius 2 is 2.25 bits per heavy atom. The van der Waals surface area contributed by atoms with Gasteiger partial charge in [-0.3, -0.25) is 0 Å². The number of hydrogen-bond donors (Lipinski definition) is 2. The maximum absolute atomic E-state index is 11.4. The van der Waals surface area contributed by atoms with E-state index in [-0.39, 0.29) is 18.1 Å². The molecule has 0 radical (unpaired) electrons. The minimum Gasteiger partial charge on any atom is -0.388 e. The minimum absolute atomic E-state index is 0.0338. The van der Waals surface area contributed by atoms with Crippen molar-refractivity contribution in [1.82, 2.24) is 0 Å². The lowest BCUT2D eigenvalue weighted by atomic mass is 9.73. The normalized spacial score (nSPS) is 52.4. The molecule has 0 aromatic rings. The fourth-order valence-electron chi connectivity index (χ4n) is 2.91. The van der Waals surface area contributed by atoms with E-state index in [4.69, 9.17) is 4.74 Å². The van der Waals surface area contributed by atoms with E-state index in [0.29, 0.717) is 6.16 Å². The van der Waals surface area contributed by atoms with Crippen molar-refractivity contribution in [2.45, 2.75) is 43.4 Å². The molecule has 16 heavy (non-hydrogen) atoms. The van der Waals surface area contributed by atoms with Crippen LogP contribution < -0.4 is 0 Å². The van der Waals surface area contributed by atoms with E-state index in [1.54, 1.807) is 6.92 Å². The Morgan fingerprint density at radius 3 is 2.69 bits per heavy atom. The topological polar surface area (TPSA) is 66.8 Å². The summed E-state index contributed by atoms with van der Waals surface area (Å²) < 4.78 is 17.1. The molecule has 0 bridgehead atoms. The largest absolute Gasteiger partial charge is 0.388 e. The van der Waals surface area contributed by atoms with Crippen LogP contribution >= 0.6 is 7.80 Å². The van der Waals surface area contributed by atoms with Gasteiger partial charge in [0.15, 0.2) is 0 Å². The highest BCUT2D eigenvalue weighted by Crippen LogP contribution is 2.66. The standard InChI is InChI=1S/C10H20BO4P/c1-3-16(14)5-15-10-4-6(10)7(11)9(2,13)8(10)12/h6-8,12-13,16H,3-5,11H2,1-2H3/t6?,7-,8+,9+,10?/m1/s1. The molecule has 3 unspecified atom stereocenters. The Kier molecular flexibility index (Phi) is 3.03. The van der Waals surface area contributed by atoms with Gasteiger partial charge in [-0.2, -0.15) is 0 Å². The van der Waals surface area contributed by atoms with Gasteiger partial charge < -0.3 is 19.5 Å². The van der Waals surface area contributed by atoms with E-state index >= 15 is 0 Å². The van der Waals surface area contributed by atoms with E-state index < -0.39 is 25.1 Å². The average Bonchev–Trinajstić information content (AvgIpc) is 2.95. The van der Waals surface area contributed by atoms with Crippen molar-refractivity contribution in [1.29, 1.82) is 0 Å². The van der Waals surface area contributed by atoms with Gasteiger partial charge in [-0.15, -0.1) is 0 Å². The second-order valence-corrected chi connectivity index (χ2v) is 7.44. The zero-order chi connectivity index (χ0) is 12.1. The Morgan fingerprint density at radius 1 is 1.62 bits per heavy atom. The van der Waals surface area contributed by atoms with Crippen LogP contribution in [0.1, 0.15) is 20.3 Å². The molecule has 2 N–H and O–H groups in total. The van der Waals surface area contributed by atoms with Crippen molar-refractivity contribution < 1.29 is 19.5 Å². The average molecular weight is 246 g/mol. The fraction of sp³-hybridized carbons (Fsp3) is 1.00. The number of ether oxygens (including phenoxy) is 1. The van der Waals surface area contributed by atoms with Gasteiger partial charge in [-0.25, -0.2) is 0 Å². The molecule has 0 aliphatic heterocycles. The first-order valence-corrected chi connectivity index (χ1v) is 7.74. The highest BCUT2D eigenvalue weighted by Gasteiger charge is 2.74. The predicted octanol–water partition coefficient (Wildman–Crippen LogP) is -0.154. The number of fused-ring (bicyclic) bond motifs is 1. The molecule has 2 aliphatic rings. The summed E-state index contributed by atoms with van der Waals surface area (Å²) in [5.74, 6) is 0.246. The van der Waals surface area contributed by atoms with E-state index in [9.17, 15) is 14.8 Å². The summed E-state index contributed by atoms with van der Waals surface area (Å²) in [5, 5.41) is 20.2. The first-order valence-electron chi connectivity index (χ1n) is 5.92. The summed E-state index contributed by atoms with van der Waals surface area (Å²) in [6.45, 7) is 3.53. The van der Waals surface area contributed by atoms with Gasteiger partial charge in [0, 0.05) is 0 Å². The first kappa shape index (κ1) is 12.6. The maximum atomic E-state index is 11.4. The van der Waals surface area contributed by atoms with Crippen molar-refractivity contribution in [3.05, 3.63) is 0 Å². The Hall–Kier alpha value is 0.175. The third kappa shape index (κ3) is 1.60. The molecule has 0 heterocycles. The van der Waals surface area contributed by atoms with Gasteiger partial charge in [0.25, 0.3) is 0 Å². The van der Waals surface area contributed by atoms with Gasteiger partial charge in [0.2, 0.25) is 0 Å². The molecule has 0 aromatic heterocycles. The van der Waals surface area contributed by atoms with Crippen LogP contribution in [0.5, 0.6) is 0 Å². The van der Waals surface area contributed by atoms with Crippen molar-refractivity contribution >= 4 is 15.6 Å². The highest BCUT2D eigenvalue weighted by molar-refractivity contribution is 7.44. The fourth-order valence-corrected chi connectivity index (χ4v) is 3.55. The number of aliphatic hydroxyl groups excluding tert-OH is 1. The monoisotopic (exact) mass is 246 g/mol. The summed E-state index contributed by atoms with van der Waals surface area (Å²) in [5.41, 5.74) is -1.69. The van der Waals surface area contributed by atoms with Gasteiger partial charge in [-0.05, 0) is 31.2 Å². The molecule has 2 rings (SSSR count). The summed E-state index contributed by atoms with van der Waals surface area (Å²) in [6, 6.07) is 0. The van der Waals surface area contributed by atoms with Gasteiger partial charge in [0.1, 0.15) is 27.4 Å². The molecule has 4 nitrogen and oxygen atoms in total. The molecule has 2 saturated carbocycles. The smallest absolute Gasteiger partial charge is 0.111 e. The zero-order valence-electron chi connectivity index (χ0n) is 10.1. The van der Waals surface area contributed by atoms with Crippen molar-refractivity contribution in [3.8, 4) is 0 Å². The van der Waals surface area contributed by atoms with E-state index in [0.717, 1.165) is 6.42 Å². The summed E-state index contributed by atoms with van der Waals surface area (Å²) in [4.78, 5) is 0. The van der Waals surface area contributed by atoms with Crippen LogP contribution in [0.4, 0.5) is 0 Å². The lowest BCUT2D eigenvalue weighted by Gasteiger charge is -2.32. The Balaban J connectivity index is 2.04. The van der Waals surface area contributed by atoms with Gasteiger partial charge >= 0.3 is 0 Å². The van der Waals surface area contributed by atoms with Crippen LogP contribution in [0.2, 0.25) is 5.82 Å². The van der Waals surface area contributed by atoms with Crippen molar-refractivity contribution in [3.63, 3.8) is 0 Å². The Labute approximate surface area is 97.6 Å². The molecule has 6 heteroatoms. The molecule has 0 amide bonds. The quantitative estimate of drug-likeness (QED) is 0.534. The van der Waals surface area contributed by atoms with Crippen LogP contribution in [0.25, 0.3) is 0 Å². The van der Waals surface area contributed by atoms with Gasteiger partial charge in [0.05, 0.1) is 11.9 Å². The minimum atomic E-state index is -1.67. The van der Waals surface area contributed by atoms with Gasteiger partial charge in [-0.1, -0.05) is 6.92 Å². The number of hydrogen-bond acceptors (Lipinski definition) is 4. The molecule has 2 fully saturated rings. The highest BCUT2D eigenvalue weighted by atomic mass is 31.1. The molecule has 6 atom stereocenters. The van der Waals surface area contributed by atoms with Crippen LogP contribution in [-0.2, 0) is 9.30 Å². The zero-order valence-corrected chi connectivity index (χ0v) is 11.1. The Bertz CT molecular complexity index is 322. The summed E-state index contributed by atoms with van der Waals surface area (Å²) >= 11 is 0. The van der Waals surface area contributed by atoms with Crippen LogP contribution in [-0.4, -0.2) is 47.9 Å². The second kappa shape index (κ2) is 3.84. The molecule has 0 aromatic carbocycles. The van der Waals surface area contributed by atoms with Crippen LogP contribution in [0, 0.1) is 5.92 Å². The van der Waals surface area contributed by atoms with E-state index in [2.05, 4.69) is 0 Å². The van der Waals surface area contributed by atoms with Crippen LogP contribution in [0.15, 0.2) is 0 Å². The lowest BCUT2D eigenvalue weighted by Crippen LogP contribution is -2.46. The molecule has 0 spiro atoms. The second-order valence-electron chi connectivity index (χ2n) is 5.36. The number of aliphatic hydroxyl groups is 2. The van der Waals surface area contributed by atoms with E-state index in [1.165, 1.54) is 0 Å². The third-order valence-corrected chi connectivity index (χ3v) is 5.70. The molecule has 92 valence electrons. The molecule has 0 saturated heterocycles. The van der Waals surface area contributed by atoms with Crippen molar-refractivity contribution in [2.24, 2.45) is 5.92 Å². The summed E-state index contributed by atoms with van der Waals surface area (Å²) in [6.07, 6.45) is 0.793.